The van der Waals surface area contributed by atoms with Crippen LogP contribution in [0.4, 0.5) is 4.79 Å². The number of sulfonamides is 1. The highest BCUT2D eigenvalue weighted by molar-refractivity contribution is 7.89. The van der Waals surface area contributed by atoms with Crippen molar-refractivity contribution in [2.24, 2.45) is 0 Å². The van der Waals surface area contributed by atoms with E-state index in [1.165, 1.54) is 4.31 Å². The first-order chi connectivity index (χ1) is 13.3. The molecule has 8 nitrogen and oxygen atoms in total. The van der Waals surface area contributed by atoms with Crippen LogP contribution >= 0.6 is 0 Å². The normalized spacial score (nSPS) is 17.6. The second kappa shape index (κ2) is 8.81. The van der Waals surface area contributed by atoms with E-state index < -0.39 is 27.6 Å². The average molecular weight is 426 g/mol. The molecule has 0 unspecified atom stereocenters. The molecule has 3 N–H and O–H groups in total. The minimum atomic E-state index is -3.55. The van der Waals surface area contributed by atoms with Crippen molar-refractivity contribution >= 4 is 22.0 Å². The predicted octanol–water partition coefficient (Wildman–Crippen LogP) is 0.205. The Morgan fingerprint density at radius 3 is 2.21 bits per heavy atom. The second-order valence-electron chi connectivity index (χ2n) is 8.72. The highest BCUT2D eigenvalue weighted by atomic mass is 32.2. The molecule has 2 rings (SSSR count). The molecule has 1 fully saturated rings. The summed E-state index contributed by atoms with van der Waals surface area (Å²) in [6.07, 6.45) is 0. The molecule has 0 bridgehead atoms. The van der Waals surface area contributed by atoms with Crippen molar-refractivity contribution in [1.29, 1.82) is 0 Å². The first-order valence-corrected chi connectivity index (χ1v) is 11.3. The van der Waals surface area contributed by atoms with Gasteiger partial charge in [0.15, 0.2) is 6.04 Å². The molecule has 0 spiro atoms. The number of nitrogens with zero attached hydrogens (tertiary/aromatic N) is 1. The van der Waals surface area contributed by atoms with Crippen molar-refractivity contribution in [2.75, 3.05) is 26.2 Å². The Bertz CT molecular complexity index is 869. The Hall–Kier alpha value is -1.97. The molecule has 1 aromatic carbocycles. The summed E-state index contributed by atoms with van der Waals surface area (Å²) in [5.41, 5.74) is 1.55. The third kappa shape index (κ3) is 6.01. The predicted molar refractivity (Wildman–Crippen MR) is 111 cm³/mol. The van der Waals surface area contributed by atoms with Crippen LogP contribution in [0.3, 0.4) is 0 Å². The topological polar surface area (TPSA) is 100 Å². The van der Waals surface area contributed by atoms with Crippen LogP contribution < -0.4 is 15.5 Å². The number of rotatable bonds is 4. The first-order valence-electron chi connectivity index (χ1n) is 9.86. The van der Waals surface area contributed by atoms with Crippen LogP contribution in [0.15, 0.2) is 23.1 Å². The highest BCUT2D eigenvalue weighted by Crippen LogP contribution is 2.19. The van der Waals surface area contributed by atoms with Crippen molar-refractivity contribution in [3.63, 3.8) is 0 Å². The SMILES string of the molecule is Cc1ccc(S(=O)(=O)N2CC[NH+]([C@@H](C)C(=O)NC(=O)NC(C)(C)C)CC2)cc1C. The van der Waals surface area contributed by atoms with Crippen molar-refractivity contribution in [3.05, 3.63) is 29.3 Å². The fraction of sp³-hybridized carbons (Fsp3) is 0.600. The Morgan fingerprint density at radius 1 is 1.10 bits per heavy atom. The number of nitrogens with one attached hydrogen (secondary N) is 3. The summed E-state index contributed by atoms with van der Waals surface area (Å²) in [6, 6.07) is 4.18. The van der Waals surface area contributed by atoms with Gasteiger partial charge in [-0.1, -0.05) is 6.07 Å². The summed E-state index contributed by atoms with van der Waals surface area (Å²) in [5.74, 6) is -0.368. The van der Waals surface area contributed by atoms with Crippen LogP contribution in [0.25, 0.3) is 0 Å². The lowest BCUT2D eigenvalue weighted by Crippen LogP contribution is -3.19. The Labute approximate surface area is 173 Å². The third-order valence-corrected chi connectivity index (χ3v) is 7.11. The standard InChI is InChI=1S/C20H32N4O4S/c1-14-7-8-17(13-15(14)2)29(27,28)24-11-9-23(10-12-24)16(3)18(25)21-19(26)22-20(4,5)6/h7-8,13,16H,9-12H2,1-6H3,(H2,21,22,25,26)/p+1/t16-/m0/s1. The number of aryl methyl sites for hydroxylation is 2. The third-order valence-electron chi connectivity index (χ3n) is 5.21. The largest absolute Gasteiger partial charge is 0.333 e. The van der Waals surface area contributed by atoms with Crippen molar-refractivity contribution in [1.82, 2.24) is 14.9 Å². The van der Waals surface area contributed by atoms with Crippen LogP contribution in [-0.2, 0) is 14.8 Å². The van der Waals surface area contributed by atoms with Crippen LogP contribution in [-0.4, -0.2) is 62.4 Å². The van der Waals surface area contributed by atoms with Gasteiger partial charge in [0.25, 0.3) is 5.91 Å². The van der Waals surface area contributed by atoms with E-state index in [2.05, 4.69) is 10.6 Å². The van der Waals surface area contributed by atoms with E-state index in [4.69, 9.17) is 0 Å². The Kier molecular flexibility index (Phi) is 7.08. The molecule has 162 valence electrons. The maximum atomic E-state index is 12.9. The minimum Gasteiger partial charge on any atom is -0.333 e. The zero-order valence-corrected chi connectivity index (χ0v) is 18.9. The van der Waals surface area contributed by atoms with Crippen LogP contribution in [0.2, 0.25) is 0 Å². The molecular formula is C20H33N4O4S+. The molecule has 0 aliphatic carbocycles. The highest BCUT2D eigenvalue weighted by Gasteiger charge is 2.35. The molecule has 1 heterocycles. The molecule has 0 radical (unpaired) electrons. The molecule has 1 aromatic rings. The summed E-state index contributed by atoms with van der Waals surface area (Å²) in [6.45, 7) is 12.8. The molecule has 0 saturated carbocycles. The fourth-order valence-electron chi connectivity index (χ4n) is 3.25. The number of urea groups is 1. The van der Waals surface area contributed by atoms with Gasteiger partial charge < -0.3 is 10.2 Å². The summed E-state index contributed by atoms with van der Waals surface area (Å²) >= 11 is 0. The van der Waals surface area contributed by atoms with Gasteiger partial charge in [0, 0.05) is 5.54 Å². The maximum Gasteiger partial charge on any atom is 0.322 e. The second-order valence-corrected chi connectivity index (χ2v) is 10.7. The Balaban J connectivity index is 1.96. The lowest BCUT2D eigenvalue weighted by molar-refractivity contribution is -0.917. The van der Waals surface area contributed by atoms with Crippen molar-refractivity contribution in [2.45, 2.75) is 58.0 Å². The number of quaternary nitrogens is 1. The zero-order valence-electron chi connectivity index (χ0n) is 18.1. The van der Waals surface area contributed by atoms with Gasteiger partial charge in [0.2, 0.25) is 10.0 Å². The quantitative estimate of drug-likeness (QED) is 0.642. The fourth-order valence-corrected chi connectivity index (χ4v) is 4.77. The summed E-state index contributed by atoms with van der Waals surface area (Å²) < 4.78 is 27.3. The molecule has 1 aliphatic rings. The minimum absolute atomic E-state index is 0.300. The van der Waals surface area contributed by atoms with Gasteiger partial charge in [0.05, 0.1) is 31.1 Å². The molecular weight excluding hydrogens is 392 g/mol. The van der Waals surface area contributed by atoms with E-state index in [1.54, 1.807) is 19.1 Å². The summed E-state index contributed by atoms with van der Waals surface area (Å²) in [7, 11) is -3.55. The van der Waals surface area contributed by atoms with E-state index in [0.29, 0.717) is 31.1 Å². The molecule has 1 aliphatic heterocycles. The number of benzene rings is 1. The maximum absolute atomic E-state index is 12.9. The number of hydrogen-bond donors (Lipinski definition) is 3. The van der Waals surface area contributed by atoms with Gasteiger partial charge in [-0.05, 0) is 64.8 Å². The van der Waals surface area contributed by atoms with Gasteiger partial charge in [-0.15, -0.1) is 0 Å². The van der Waals surface area contributed by atoms with E-state index in [9.17, 15) is 18.0 Å². The lowest BCUT2D eigenvalue weighted by Gasteiger charge is -2.34. The van der Waals surface area contributed by atoms with Gasteiger partial charge in [0.1, 0.15) is 0 Å². The Morgan fingerprint density at radius 2 is 1.69 bits per heavy atom. The monoisotopic (exact) mass is 425 g/mol. The molecule has 1 saturated heterocycles. The van der Waals surface area contributed by atoms with E-state index in [1.807, 2.05) is 40.7 Å². The number of imide groups is 1. The number of piperazine rings is 1. The molecule has 29 heavy (non-hydrogen) atoms. The number of carbonyl (C=O) groups is 2. The van der Waals surface area contributed by atoms with Crippen LogP contribution in [0.5, 0.6) is 0 Å². The summed E-state index contributed by atoms with van der Waals surface area (Å²) in [4.78, 5) is 25.5. The molecule has 3 amide bonds. The van der Waals surface area contributed by atoms with E-state index >= 15 is 0 Å². The number of carbonyl (C=O) groups excluding carboxylic acids is 2. The van der Waals surface area contributed by atoms with E-state index in [0.717, 1.165) is 16.0 Å². The molecule has 9 heteroatoms. The molecule has 1 atom stereocenters. The average Bonchev–Trinajstić information content (AvgIpc) is 2.61. The van der Waals surface area contributed by atoms with Gasteiger partial charge in [-0.25, -0.2) is 13.2 Å². The zero-order chi connectivity index (χ0) is 22.0. The van der Waals surface area contributed by atoms with Crippen molar-refractivity contribution < 1.29 is 22.9 Å². The van der Waals surface area contributed by atoms with Crippen LogP contribution in [0.1, 0.15) is 38.8 Å². The molecule has 0 aromatic heterocycles. The van der Waals surface area contributed by atoms with Gasteiger partial charge in [-0.3, -0.25) is 10.1 Å². The van der Waals surface area contributed by atoms with Gasteiger partial charge >= 0.3 is 6.03 Å². The lowest BCUT2D eigenvalue weighted by atomic mass is 10.1. The van der Waals surface area contributed by atoms with Gasteiger partial charge in [-0.2, -0.15) is 4.31 Å². The summed E-state index contributed by atoms with van der Waals surface area (Å²) in [5, 5.41) is 5.06. The number of hydrogen-bond acceptors (Lipinski definition) is 4. The smallest absolute Gasteiger partial charge is 0.322 e. The van der Waals surface area contributed by atoms with Crippen molar-refractivity contribution in [3.8, 4) is 0 Å². The number of amides is 3. The van der Waals surface area contributed by atoms with Crippen LogP contribution in [0, 0.1) is 13.8 Å². The first kappa shape index (κ1) is 23.3. The van der Waals surface area contributed by atoms with E-state index in [-0.39, 0.29) is 5.91 Å².